The minimum atomic E-state index is 0.495. The maximum atomic E-state index is 4.98. The molecule has 7 nitrogen and oxygen atoms in total. The summed E-state index contributed by atoms with van der Waals surface area (Å²) in [5, 5.41) is 7.30. The van der Waals surface area contributed by atoms with Gasteiger partial charge in [0.25, 0.3) is 0 Å². The molecule has 0 amide bonds. The lowest BCUT2D eigenvalue weighted by molar-refractivity contribution is 0.398. The molecule has 0 aliphatic rings. The molecule has 3 rings (SSSR count). The summed E-state index contributed by atoms with van der Waals surface area (Å²) in [5.41, 5.74) is 1.47. The number of nitrogens with one attached hydrogen (secondary N) is 1. The van der Waals surface area contributed by atoms with Crippen molar-refractivity contribution in [2.24, 2.45) is 0 Å². The molecule has 3 aromatic rings. The van der Waals surface area contributed by atoms with Crippen LogP contribution in [0.5, 0.6) is 5.88 Å². The van der Waals surface area contributed by atoms with Gasteiger partial charge in [0.1, 0.15) is 0 Å². The molecule has 0 aliphatic heterocycles. The number of methoxy groups -OCH3 is 1. The molecule has 7 heteroatoms. The number of fused-ring (bicyclic) bond motifs is 1. The zero-order chi connectivity index (χ0) is 12.4. The normalized spacial score (nSPS) is 10.5. The summed E-state index contributed by atoms with van der Waals surface area (Å²) in [6.45, 7) is 0. The van der Waals surface area contributed by atoms with E-state index in [-0.39, 0.29) is 0 Å². The van der Waals surface area contributed by atoms with Gasteiger partial charge in [0.05, 0.1) is 25.2 Å². The summed E-state index contributed by atoms with van der Waals surface area (Å²) in [7, 11) is 1.58. The van der Waals surface area contributed by atoms with Crippen molar-refractivity contribution in [1.82, 2.24) is 24.6 Å². The maximum Gasteiger partial charge on any atom is 0.247 e. The lowest BCUT2D eigenvalue weighted by Gasteiger charge is -2.01. The van der Waals surface area contributed by atoms with E-state index in [0.717, 1.165) is 5.69 Å². The van der Waals surface area contributed by atoms with Gasteiger partial charge in [-0.25, -0.2) is 9.50 Å². The van der Waals surface area contributed by atoms with Crippen molar-refractivity contribution < 1.29 is 4.74 Å². The SMILES string of the molecule is COc1ccc(Nc2nc3cnccn3n2)cn1. The summed E-state index contributed by atoms with van der Waals surface area (Å²) in [4.78, 5) is 12.3. The molecule has 0 saturated heterocycles. The van der Waals surface area contributed by atoms with Crippen LogP contribution in [0.1, 0.15) is 0 Å². The number of hydrogen-bond acceptors (Lipinski definition) is 6. The quantitative estimate of drug-likeness (QED) is 0.745. The van der Waals surface area contributed by atoms with Gasteiger partial charge >= 0.3 is 0 Å². The van der Waals surface area contributed by atoms with E-state index >= 15 is 0 Å². The molecule has 3 aromatic heterocycles. The Labute approximate surface area is 102 Å². The van der Waals surface area contributed by atoms with E-state index in [0.29, 0.717) is 17.5 Å². The first kappa shape index (κ1) is 10.5. The van der Waals surface area contributed by atoms with Crippen LogP contribution in [0.25, 0.3) is 5.65 Å². The Balaban J connectivity index is 1.86. The lowest BCUT2D eigenvalue weighted by Crippen LogP contribution is -1.94. The number of hydrogen-bond donors (Lipinski definition) is 1. The average Bonchev–Trinajstić information content (AvgIpc) is 2.82. The highest BCUT2D eigenvalue weighted by Crippen LogP contribution is 2.15. The molecule has 0 saturated carbocycles. The van der Waals surface area contributed by atoms with Crippen molar-refractivity contribution in [2.75, 3.05) is 12.4 Å². The lowest BCUT2D eigenvalue weighted by atomic mass is 10.4. The Bertz CT molecular complexity index is 630. The monoisotopic (exact) mass is 242 g/mol. The van der Waals surface area contributed by atoms with Crippen molar-refractivity contribution >= 4 is 17.3 Å². The predicted molar refractivity (Wildman–Crippen MR) is 64.9 cm³/mol. The second-order valence-electron chi connectivity index (χ2n) is 3.53. The fraction of sp³-hybridized carbons (Fsp3) is 0.0909. The third-order valence-corrected chi connectivity index (χ3v) is 2.34. The number of pyridine rings is 1. The maximum absolute atomic E-state index is 4.98. The van der Waals surface area contributed by atoms with Crippen molar-refractivity contribution in [1.29, 1.82) is 0 Å². The van der Waals surface area contributed by atoms with Gasteiger partial charge in [-0.3, -0.25) is 4.98 Å². The molecular weight excluding hydrogens is 232 g/mol. The van der Waals surface area contributed by atoms with Crippen LogP contribution in [0.15, 0.2) is 36.9 Å². The van der Waals surface area contributed by atoms with Crippen LogP contribution in [0.3, 0.4) is 0 Å². The molecule has 90 valence electrons. The summed E-state index contributed by atoms with van der Waals surface area (Å²) in [6, 6.07) is 3.61. The van der Waals surface area contributed by atoms with Gasteiger partial charge in [0.2, 0.25) is 11.8 Å². The Morgan fingerprint density at radius 2 is 2.22 bits per heavy atom. The summed E-state index contributed by atoms with van der Waals surface area (Å²) in [5.74, 6) is 1.06. The standard InChI is InChI=1S/C11H10N6O/c1-18-10-3-2-8(6-13-10)14-11-15-9-7-12-4-5-17(9)16-11/h2-7H,1H3,(H,14,16). The average molecular weight is 242 g/mol. The molecule has 18 heavy (non-hydrogen) atoms. The molecule has 3 heterocycles. The van der Waals surface area contributed by atoms with E-state index in [1.807, 2.05) is 6.07 Å². The second kappa shape index (κ2) is 4.28. The van der Waals surface area contributed by atoms with Crippen molar-refractivity contribution in [2.45, 2.75) is 0 Å². The molecule has 0 fully saturated rings. The molecule has 0 radical (unpaired) electrons. The highest BCUT2D eigenvalue weighted by molar-refractivity contribution is 5.54. The molecular formula is C11H10N6O. The van der Waals surface area contributed by atoms with E-state index < -0.39 is 0 Å². The van der Waals surface area contributed by atoms with E-state index in [1.165, 1.54) is 0 Å². The van der Waals surface area contributed by atoms with Crippen LogP contribution in [0.4, 0.5) is 11.6 Å². The van der Waals surface area contributed by atoms with Gasteiger partial charge in [-0.2, -0.15) is 4.98 Å². The van der Waals surface area contributed by atoms with Crippen LogP contribution in [0.2, 0.25) is 0 Å². The second-order valence-corrected chi connectivity index (χ2v) is 3.53. The largest absolute Gasteiger partial charge is 0.481 e. The van der Waals surface area contributed by atoms with Gasteiger partial charge in [-0.05, 0) is 6.07 Å². The molecule has 0 aromatic carbocycles. The van der Waals surface area contributed by atoms with Crippen LogP contribution in [-0.2, 0) is 0 Å². The first-order chi connectivity index (χ1) is 8.85. The van der Waals surface area contributed by atoms with E-state index in [1.54, 1.807) is 42.5 Å². The zero-order valence-electron chi connectivity index (χ0n) is 9.61. The zero-order valence-corrected chi connectivity index (χ0v) is 9.61. The molecule has 1 N–H and O–H groups in total. The van der Waals surface area contributed by atoms with E-state index in [9.17, 15) is 0 Å². The summed E-state index contributed by atoms with van der Waals surface area (Å²) in [6.07, 6.45) is 6.69. The molecule has 0 atom stereocenters. The smallest absolute Gasteiger partial charge is 0.247 e. The molecule has 0 spiro atoms. The van der Waals surface area contributed by atoms with Crippen molar-refractivity contribution in [3.8, 4) is 5.88 Å². The fourth-order valence-corrected chi connectivity index (χ4v) is 1.50. The van der Waals surface area contributed by atoms with Gasteiger partial charge < -0.3 is 10.1 Å². The Hall–Kier alpha value is -2.70. The molecule has 0 bridgehead atoms. The highest BCUT2D eigenvalue weighted by atomic mass is 16.5. The molecule has 0 unspecified atom stereocenters. The molecule has 0 aliphatic carbocycles. The van der Waals surface area contributed by atoms with Crippen molar-refractivity contribution in [3.63, 3.8) is 0 Å². The first-order valence-corrected chi connectivity index (χ1v) is 5.28. The van der Waals surface area contributed by atoms with Crippen molar-refractivity contribution in [3.05, 3.63) is 36.9 Å². The number of anilines is 2. The van der Waals surface area contributed by atoms with Gasteiger partial charge in [0.15, 0.2) is 5.65 Å². The predicted octanol–water partition coefficient (Wildman–Crippen LogP) is 1.27. The van der Waals surface area contributed by atoms with Gasteiger partial charge in [-0.15, -0.1) is 5.10 Å². The number of nitrogens with zero attached hydrogens (tertiary/aromatic N) is 5. The van der Waals surface area contributed by atoms with E-state index in [2.05, 4.69) is 25.4 Å². The third-order valence-electron chi connectivity index (χ3n) is 2.34. The Morgan fingerprint density at radius 3 is 2.94 bits per heavy atom. The first-order valence-electron chi connectivity index (χ1n) is 5.28. The Morgan fingerprint density at radius 1 is 1.28 bits per heavy atom. The van der Waals surface area contributed by atoms with Gasteiger partial charge in [-0.1, -0.05) is 0 Å². The van der Waals surface area contributed by atoms with E-state index in [4.69, 9.17) is 4.74 Å². The van der Waals surface area contributed by atoms with Crippen LogP contribution < -0.4 is 10.1 Å². The number of ether oxygens (including phenoxy) is 1. The minimum absolute atomic E-state index is 0.495. The van der Waals surface area contributed by atoms with Crippen LogP contribution in [0, 0.1) is 0 Å². The minimum Gasteiger partial charge on any atom is -0.481 e. The van der Waals surface area contributed by atoms with Crippen LogP contribution in [-0.4, -0.2) is 31.7 Å². The number of aromatic nitrogens is 5. The highest BCUT2D eigenvalue weighted by Gasteiger charge is 2.03. The number of rotatable bonds is 3. The summed E-state index contributed by atoms with van der Waals surface area (Å²) >= 11 is 0. The fourth-order valence-electron chi connectivity index (χ4n) is 1.50. The Kier molecular flexibility index (Phi) is 2.49. The van der Waals surface area contributed by atoms with Crippen LogP contribution >= 0.6 is 0 Å². The van der Waals surface area contributed by atoms with Gasteiger partial charge in [0, 0.05) is 18.5 Å². The summed E-state index contributed by atoms with van der Waals surface area (Å²) < 4.78 is 6.63. The third kappa shape index (κ3) is 1.93. The topological polar surface area (TPSA) is 77.2 Å².